The Morgan fingerprint density at radius 1 is 0.952 bits per heavy atom. The molecule has 120 valence electrons. The zero-order valence-corrected chi connectivity index (χ0v) is 15.7. The van der Waals surface area contributed by atoms with Gasteiger partial charge < -0.3 is 4.43 Å². The number of aryl methyl sites for hydroxylation is 1. The lowest BCUT2D eigenvalue weighted by Gasteiger charge is -2.32. The van der Waals surface area contributed by atoms with Gasteiger partial charge in [0.2, 0.25) is 0 Å². The third kappa shape index (κ3) is 7.82. The first-order chi connectivity index (χ1) is 9.96. The molecule has 0 spiro atoms. The van der Waals surface area contributed by atoms with Crippen LogP contribution in [-0.2, 0) is 10.8 Å². The van der Waals surface area contributed by atoms with Crippen molar-refractivity contribution < 1.29 is 4.43 Å². The average molecular weight is 307 g/mol. The van der Waals surface area contributed by atoms with E-state index in [1.165, 1.54) is 44.1 Å². The summed E-state index contributed by atoms with van der Waals surface area (Å²) in [6.45, 7) is 11.5. The Balaban J connectivity index is 2.41. The smallest absolute Gasteiger partial charge is 0.184 e. The van der Waals surface area contributed by atoms with E-state index in [1.807, 2.05) is 0 Å². The molecule has 21 heavy (non-hydrogen) atoms. The summed E-state index contributed by atoms with van der Waals surface area (Å²) in [5.74, 6) is 0.730. The molecular formula is C19H34OSi. The molecule has 0 saturated heterocycles. The van der Waals surface area contributed by atoms with Crippen LogP contribution in [0.25, 0.3) is 0 Å². The topological polar surface area (TPSA) is 9.23 Å². The highest BCUT2D eigenvalue weighted by Crippen LogP contribution is 2.25. The summed E-state index contributed by atoms with van der Waals surface area (Å²) in [6, 6.07) is 10.8. The Kier molecular flexibility index (Phi) is 8.28. The first-order valence-electron chi connectivity index (χ1n) is 8.68. The Bertz CT molecular complexity index is 365. The van der Waals surface area contributed by atoms with Crippen molar-refractivity contribution in [3.05, 3.63) is 35.9 Å². The van der Waals surface area contributed by atoms with Crippen molar-refractivity contribution >= 4 is 8.32 Å². The molecule has 0 N–H and O–H groups in total. The Hall–Kier alpha value is -0.603. The molecule has 0 aliphatic carbocycles. The van der Waals surface area contributed by atoms with E-state index in [1.54, 1.807) is 0 Å². The van der Waals surface area contributed by atoms with E-state index < -0.39 is 8.32 Å². The highest BCUT2D eigenvalue weighted by atomic mass is 28.4. The molecule has 1 nitrogen and oxygen atoms in total. The van der Waals surface area contributed by atoms with Crippen LogP contribution in [0.5, 0.6) is 0 Å². The van der Waals surface area contributed by atoms with Crippen LogP contribution in [0.15, 0.2) is 30.3 Å². The maximum absolute atomic E-state index is 6.47. The van der Waals surface area contributed by atoms with Gasteiger partial charge in [0.25, 0.3) is 0 Å². The van der Waals surface area contributed by atoms with Crippen LogP contribution < -0.4 is 0 Å². The normalized spacial score (nSPS) is 13.6. The van der Waals surface area contributed by atoms with Crippen molar-refractivity contribution in [2.24, 2.45) is 5.92 Å². The fraction of sp³-hybridized carbons (Fsp3) is 0.684. The first kappa shape index (κ1) is 18.4. The van der Waals surface area contributed by atoms with Gasteiger partial charge in [-0.3, -0.25) is 0 Å². The fourth-order valence-corrected chi connectivity index (χ4v) is 4.20. The maximum atomic E-state index is 6.47. The molecule has 0 radical (unpaired) electrons. The van der Waals surface area contributed by atoms with E-state index >= 15 is 0 Å². The van der Waals surface area contributed by atoms with Gasteiger partial charge in [-0.2, -0.15) is 0 Å². The third-order valence-electron chi connectivity index (χ3n) is 4.13. The predicted molar refractivity (Wildman–Crippen MR) is 96.3 cm³/mol. The summed E-state index contributed by atoms with van der Waals surface area (Å²) in [7, 11) is -1.44. The highest BCUT2D eigenvalue weighted by Gasteiger charge is 2.25. The van der Waals surface area contributed by atoms with E-state index in [9.17, 15) is 0 Å². The van der Waals surface area contributed by atoms with Crippen molar-refractivity contribution in [1.29, 1.82) is 0 Å². The second kappa shape index (κ2) is 9.42. The van der Waals surface area contributed by atoms with Gasteiger partial charge in [0.05, 0.1) is 0 Å². The molecule has 0 amide bonds. The van der Waals surface area contributed by atoms with Gasteiger partial charge in [0.15, 0.2) is 8.32 Å². The molecule has 0 fully saturated rings. The van der Waals surface area contributed by atoms with E-state index in [4.69, 9.17) is 4.43 Å². The molecule has 0 aromatic heterocycles. The summed E-state index contributed by atoms with van der Waals surface area (Å²) < 4.78 is 6.47. The third-order valence-corrected chi connectivity index (χ3v) is 5.14. The number of rotatable bonds is 10. The minimum absolute atomic E-state index is 0.474. The zero-order valence-electron chi connectivity index (χ0n) is 14.7. The lowest BCUT2D eigenvalue weighted by Crippen LogP contribution is -2.36. The molecule has 0 bridgehead atoms. The van der Waals surface area contributed by atoms with Gasteiger partial charge >= 0.3 is 0 Å². The van der Waals surface area contributed by atoms with Crippen molar-refractivity contribution in [1.82, 2.24) is 0 Å². The molecule has 0 unspecified atom stereocenters. The summed E-state index contributed by atoms with van der Waals surface area (Å²) >= 11 is 0. The second-order valence-corrected chi connectivity index (χ2v) is 11.5. The molecule has 1 aromatic rings. The molecule has 1 rings (SSSR count). The zero-order chi connectivity index (χ0) is 15.7. The van der Waals surface area contributed by atoms with E-state index in [-0.39, 0.29) is 0 Å². The van der Waals surface area contributed by atoms with Crippen molar-refractivity contribution in [3.63, 3.8) is 0 Å². The summed E-state index contributed by atoms with van der Waals surface area (Å²) in [5.41, 5.74) is 1.46. The minimum atomic E-state index is -1.44. The second-order valence-electron chi connectivity index (χ2n) is 7.08. The van der Waals surface area contributed by atoms with E-state index in [0.29, 0.717) is 6.10 Å². The van der Waals surface area contributed by atoms with Gasteiger partial charge in [-0.1, -0.05) is 63.4 Å². The van der Waals surface area contributed by atoms with Crippen LogP contribution in [0.1, 0.15) is 51.5 Å². The standard InChI is InChI=1S/C19H34OSi/c1-6-18(7-2)19(20-21(3,4)5)16-12-11-15-17-13-9-8-10-14-17/h8-10,13-14,18-19H,6-7,11-12,15-16H2,1-5H3/t19-/m1/s1. The maximum Gasteiger partial charge on any atom is 0.184 e. The quantitative estimate of drug-likeness (QED) is 0.377. The molecule has 2 heteroatoms. The van der Waals surface area contributed by atoms with Gasteiger partial charge in [-0.15, -0.1) is 0 Å². The average Bonchev–Trinajstić information content (AvgIpc) is 2.44. The summed E-state index contributed by atoms with van der Waals surface area (Å²) in [5, 5.41) is 0. The Morgan fingerprint density at radius 3 is 2.10 bits per heavy atom. The highest BCUT2D eigenvalue weighted by molar-refractivity contribution is 6.69. The molecular weight excluding hydrogens is 272 g/mol. The lowest BCUT2D eigenvalue weighted by atomic mass is 9.92. The first-order valence-corrected chi connectivity index (χ1v) is 12.1. The number of hydrogen-bond acceptors (Lipinski definition) is 1. The SMILES string of the molecule is CCC(CC)[C@@H](CCCCc1ccccc1)O[Si](C)(C)C. The summed E-state index contributed by atoms with van der Waals surface area (Å²) in [4.78, 5) is 0. The van der Waals surface area contributed by atoms with E-state index in [2.05, 4.69) is 63.8 Å². The van der Waals surface area contributed by atoms with Crippen LogP contribution in [-0.4, -0.2) is 14.4 Å². The largest absolute Gasteiger partial charge is 0.414 e. The molecule has 0 aliphatic rings. The summed E-state index contributed by atoms with van der Waals surface area (Å²) in [6.07, 6.45) is 7.93. The predicted octanol–water partition coefficient (Wildman–Crippen LogP) is 6.06. The fourth-order valence-electron chi connectivity index (χ4n) is 2.98. The van der Waals surface area contributed by atoms with Gasteiger partial charge in [-0.25, -0.2) is 0 Å². The Labute approximate surface area is 133 Å². The molecule has 0 aliphatic heterocycles. The number of benzene rings is 1. The van der Waals surface area contributed by atoms with Gasteiger partial charge in [0.1, 0.15) is 0 Å². The van der Waals surface area contributed by atoms with Crippen molar-refractivity contribution in [2.75, 3.05) is 0 Å². The minimum Gasteiger partial charge on any atom is -0.414 e. The van der Waals surface area contributed by atoms with Crippen LogP contribution in [0.4, 0.5) is 0 Å². The molecule has 1 aromatic carbocycles. The van der Waals surface area contributed by atoms with Crippen molar-refractivity contribution in [3.8, 4) is 0 Å². The number of unbranched alkanes of at least 4 members (excludes halogenated alkanes) is 1. The van der Waals surface area contributed by atoms with Crippen LogP contribution >= 0.6 is 0 Å². The molecule has 0 heterocycles. The van der Waals surface area contributed by atoms with Crippen LogP contribution in [0.2, 0.25) is 19.6 Å². The van der Waals surface area contributed by atoms with Gasteiger partial charge in [-0.05, 0) is 50.4 Å². The van der Waals surface area contributed by atoms with Crippen molar-refractivity contribution in [2.45, 2.75) is 78.1 Å². The molecule has 1 atom stereocenters. The van der Waals surface area contributed by atoms with Crippen LogP contribution in [0.3, 0.4) is 0 Å². The monoisotopic (exact) mass is 306 g/mol. The lowest BCUT2D eigenvalue weighted by molar-refractivity contribution is 0.109. The number of hydrogen-bond donors (Lipinski definition) is 0. The molecule has 0 saturated carbocycles. The van der Waals surface area contributed by atoms with Gasteiger partial charge in [0, 0.05) is 6.10 Å². The Morgan fingerprint density at radius 2 is 1.57 bits per heavy atom. The van der Waals surface area contributed by atoms with Crippen LogP contribution in [0, 0.1) is 5.92 Å². The van der Waals surface area contributed by atoms with E-state index in [0.717, 1.165) is 5.92 Å².